The summed E-state index contributed by atoms with van der Waals surface area (Å²) in [6, 6.07) is 6.59. The first kappa shape index (κ1) is 18.0. The summed E-state index contributed by atoms with van der Waals surface area (Å²) in [5.41, 5.74) is 2.00. The molecule has 1 unspecified atom stereocenters. The summed E-state index contributed by atoms with van der Waals surface area (Å²) in [7, 11) is 0. The highest BCUT2D eigenvalue weighted by molar-refractivity contribution is 5.64. The molecule has 1 aromatic carbocycles. The Morgan fingerprint density at radius 1 is 1.07 bits per heavy atom. The zero-order chi connectivity index (χ0) is 18.8. The zero-order valence-corrected chi connectivity index (χ0v) is 16.1. The van der Waals surface area contributed by atoms with E-state index in [-0.39, 0.29) is 6.10 Å². The minimum atomic E-state index is 0.168. The molecule has 4 heterocycles. The molecule has 0 saturated carbocycles. The topological polar surface area (TPSA) is 66.8 Å². The van der Waals surface area contributed by atoms with Crippen molar-refractivity contribution in [2.45, 2.75) is 44.6 Å². The molecule has 28 heavy (non-hydrogen) atoms. The first-order valence-electron chi connectivity index (χ1n) is 10.2. The van der Waals surface area contributed by atoms with Crippen molar-refractivity contribution in [2.75, 3.05) is 33.0 Å². The van der Waals surface area contributed by atoms with Crippen LogP contribution in [0.2, 0.25) is 0 Å². The van der Waals surface area contributed by atoms with Gasteiger partial charge in [0.1, 0.15) is 12.4 Å². The predicted molar refractivity (Wildman–Crippen MR) is 104 cm³/mol. The van der Waals surface area contributed by atoms with E-state index in [1.807, 2.05) is 18.2 Å². The Bertz CT molecular complexity index is 816. The van der Waals surface area contributed by atoms with Gasteiger partial charge in [0.15, 0.2) is 11.5 Å². The average molecular weight is 385 g/mol. The summed E-state index contributed by atoms with van der Waals surface area (Å²) in [6.45, 7) is 5.33. The predicted octanol–water partition coefficient (Wildman–Crippen LogP) is 2.38. The Morgan fingerprint density at radius 3 is 2.82 bits per heavy atom. The molecule has 0 bridgehead atoms. The van der Waals surface area contributed by atoms with Crippen LogP contribution in [-0.2, 0) is 22.6 Å². The molecule has 7 heteroatoms. The summed E-state index contributed by atoms with van der Waals surface area (Å²) in [5, 5.41) is 3.63. The lowest BCUT2D eigenvalue weighted by Crippen LogP contribution is -2.42. The van der Waals surface area contributed by atoms with Crippen LogP contribution < -0.4 is 14.8 Å². The van der Waals surface area contributed by atoms with E-state index in [2.05, 4.69) is 16.1 Å². The molecule has 3 aliphatic heterocycles. The average Bonchev–Trinajstić information content (AvgIpc) is 3.02. The lowest BCUT2D eigenvalue weighted by atomic mass is 10.1. The van der Waals surface area contributed by atoms with E-state index in [1.165, 1.54) is 0 Å². The molecule has 1 N–H and O–H groups in total. The van der Waals surface area contributed by atoms with E-state index in [4.69, 9.17) is 23.9 Å². The monoisotopic (exact) mass is 385 g/mol. The number of nitrogens with one attached hydrogen (secondary N) is 1. The molecule has 5 rings (SSSR count). The Kier molecular flexibility index (Phi) is 5.20. The molecular weight excluding hydrogens is 358 g/mol. The number of benzene rings is 1. The fraction of sp³-hybridized carbons (Fsp3) is 0.571. The van der Waals surface area contributed by atoms with Gasteiger partial charge in [-0.15, -0.1) is 0 Å². The minimum absolute atomic E-state index is 0.168. The number of rotatable bonds is 4. The maximum Gasteiger partial charge on any atom is 0.161 e. The maximum atomic E-state index is 6.03. The zero-order valence-electron chi connectivity index (χ0n) is 16.1. The fourth-order valence-electron chi connectivity index (χ4n) is 3.98. The second-order valence-corrected chi connectivity index (χ2v) is 7.63. The first-order valence-corrected chi connectivity index (χ1v) is 10.2. The molecule has 1 saturated heterocycles. The normalized spacial score (nSPS) is 22.5. The molecule has 150 valence electrons. The number of imidazole rings is 1. The van der Waals surface area contributed by atoms with Crippen LogP contribution in [-0.4, -0.2) is 54.7 Å². The number of fused-ring (bicyclic) bond motifs is 2. The van der Waals surface area contributed by atoms with Gasteiger partial charge in [0.05, 0.1) is 31.6 Å². The van der Waals surface area contributed by atoms with Gasteiger partial charge in [0, 0.05) is 44.0 Å². The highest BCUT2D eigenvalue weighted by atomic mass is 16.5. The number of aromatic nitrogens is 2. The van der Waals surface area contributed by atoms with Gasteiger partial charge >= 0.3 is 0 Å². The summed E-state index contributed by atoms with van der Waals surface area (Å²) < 4.78 is 25.2. The first-order chi connectivity index (χ1) is 13.8. The summed E-state index contributed by atoms with van der Waals surface area (Å²) >= 11 is 0. The third-order valence-electron chi connectivity index (χ3n) is 5.61. The van der Waals surface area contributed by atoms with Crippen molar-refractivity contribution in [3.8, 4) is 22.8 Å². The lowest BCUT2D eigenvalue weighted by Gasteiger charge is -2.28. The van der Waals surface area contributed by atoms with Crippen molar-refractivity contribution in [1.82, 2.24) is 14.9 Å². The van der Waals surface area contributed by atoms with Gasteiger partial charge in [-0.05, 0) is 31.0 Å². The van der Waals surface area contributed by atoms with Crippen LogP contribution in [0.5, 0.6) is 11.5 Å². The van der Waals surface area contributed by atoms with Gasteiger partial charge in [-0.25, -0.2) is 4.98 Å². The Morgan fingerprint density at radius 2 is 1.93 bits per heavy atom. The smallest absolute Gasteiger partial charge is 0.161 e. The molecule has 7 nitrogen and oxygen atoms in total. The molecule has 2 aromatic rings. The number of hydrogen-bond donors (Lipinski definition) is 1. The largest absolute Gasteiger partial charge is 0.490 e. The van der Waals surface area contributed by atoms with Crippen molar-refractivity contribution in [3.05, 3.63) is 30.2 Å². The van der Waals surface area contributed by atoms with Crippen molar-refractivity contribution < 1.29 is 18.9 Å². The van der Waals surface area contributed by atoms with E-state index >= 15 is 0 Å². The van der Waals surface area contributed by atoms with Crippen LogP contribution >= 0.6 is 0 Å². The quantitative estimate of drug-likeness (QED) is 0.872. The third-order valence-corrected chi connectivity index (χ3v) is 5.61. The molecule has 0 radical (unpaired) electrons. The minimum Gasteiger partial charge on any atom is -0.490 e. The van der Waals surface area contributed by atoms with Crippen LogP contribution in [0.4, 0.5) is 0 Å². The van der Waals surface area contributed by atoms with E-state index in [0.29, 0.717) is 25.9 Å². The molecule has 0 amide bonds. The van der Waals surface area contributed by atoms with Crippen molar-refractivity contribution in [2.24, 2.45) is 0 Å². The third kappa shape index (κ3) is 3.87. The highest BCUT2D eigenvalue weighted by Gasteiger charge is 2.23. The molecule has 0 spiro atoms. The van der Waals surface area contributed by atoms with E-state index < -0.39 is 0 Å². The molecule has 0 aliphatic carbocycles. The Labute approximate surface area is 164 Å². The maximum absolute atomic E-state index is 6.03. The molecular formula is C21H27N3O4. The summed E-state index contributed by atoms with van der Waals surface area (Å²) in [5.74, 6) is 2.59. The number of hydrogen-bond acceptors (Lipinski definition) is 6. The van der Waals surface area contributed by atoms with Crippen LogP contribution in [0.1, 0.15) is 25.1 Å². The Balaban J connectivity index is 1.26. The van der Waals surface area contributed by atoms with E-state index in [9.17, 15) is 0 Å². The van der Waals surface area contributed by atoms with Gasteiger partial charge in [0.25, 0.3) is 0 Å². The van der Waals surface area contributed by atoms with E-state index in [0.717, 1.165) is 74.1 Å². The van der Waals surface area contributed by atoms with Crippen LogP contribution in [0.3, 0.4) is 0 Å². The molecule has 1 atom stereocenters. The number of nitrogens with zero attached hydrogens (tertiary/aromatic N) is 2. The van der Waals surface area contributed by atoms with Crippen LogP contribution in [0.15, 0.2) is 24.4 Å². The second-order valence-electron chi connectivity index (χ2n) is 7.63. The van der Waals surface area contributed by atoms with Crippen LogP contribution in [0.25, 0.3) is 11.3 Å². The van der Waals surface area contributed by atoms with E-state index in [1.54, 1.807) is 0 Å². The number of ether oxygens (including phenoxy) is 4. The van der Waals surface area contributed by atoms with Gasteiger partial charge in [0.2, 0.25) is 0 Å². The van der Waals surface area contributed by atoms with Crippen molar-refractivity contribution >= 4 is 0 Å². The van der Waals surface area contributed by atoms with Crippen molar-refractivity contribution in [1.29, 1.82) is 0 Å². The van der Waals surface area contributed by atoms with Gasteiger partial charge in [-0.1, -0.05) is 0 Å². The fourth-order valence-corrected chi connectivity index (χ4v) is 3.98. The van der Waals surface area contributed by atoms with Gasteiger partial charge in [-0.3, -0.25) is 0 Å². The molecule has 1 fully saturated rings. The summed E-state index contributed by atoms with van der Waals surface area (Å²) in [6.07, 6.45) is 5.36. The molecule has 1 aromatic heterocycles. The van der Waals surface area contributed by atoms with Gasteiger partial charge in [-0.2, -0.15) is 0 Å². The van der Waals surface area contributed by atoms with Crippen molar-refractivity contribution in [3.63, 3.8) is 0 Å². The SMILES string of the molecule is c1cc2c(cc1-c1cn3c(n1)COC(CNC1CCOCC1)C3)OCCCO2. The van der Waals surface area contributed by atoms with Gasteiger partial charge < -0.3 is 28.8 Å². The standard InChI is InChI=1S/C21H27N3O4/c1-6-26-19-3-2-15(10-20(19)27-7-1)18-13-24-12-17(28-14-21(24)23-18)11-22-16-4-8-25-9-5-16/h2-3,10,13,16-17,22H,1,4-9,11-12,14H2. The summed E-state index contributed by atoms with van der Waals surface area (Å²) in [4.78, 5) is 4.78. The van der Waals surface area contributed by atoms with Crippen LogP contribution in [0, 0.1) is 0 Å². The molecule has 3 aliphatic rings. The second kappa shape index (κ2) is 8.11. The Hall–Kier alpha value is -2.09. The highest BCUT2D eigenvalue weighted by Crippen LogP contribution is 2.34. The lowest BCUT2D eigenvalue weighted by molar-refractivity contribution is -0.00218.